The van der Waals surface area contributed by atoms with Gasteiger partial charge in [-0.1, -0.05) is 0 Å². The maximum Gasteiger partial charge on any atom is 0.422 e. The minimum atomic E-state index is -4.48. The van der Waals surface area contributed by atoms with Crippen LogP contribution in [-0.4, -0.2) is 54.9 Å². The van der Waals surface area contributed by atoms with E-state index in [1.54, 1.807) is 11.3 Å². The van der Waals surface area contributed by atoms with Gasteiger partial charge in [0.15, 0.2) is 6.61 Å². The second-order valence-corrected chi connectivity index (χ2v) is 5.34. The van der Waals surface area contributed by atoms with E-state index in [0.29, 0.717) is 26.2 Å². The predicted octanol–water partition coefficient (Wildman–Crippen LogP) is 2.56. The van der Waals surface area contributed by atoms with Crippen molar-refractivity contribution >= 4 is 17.4 Å². The zero-order chi connectivity index (χ0) is 14.6. The lowest BCUT2D eigenvalue weighted by atomic mass is 10.2. The van der Waals surface area contributed by atoms with Crippen molar-refractivity contribution in [2.75, 3.05) is 32.8 Å². The van der Waals surface area contributed by atoms with Crippen molar-refractivity contribution in [2.45, 2.75) is 12.7 Å². The number of piperazine rings is 1. The molecule has 112 valence electrons. The molecule has 1 aliphatic heterocycles. The van der Waals surface area contributed by atoms with Crippen LogP contribution in [0.15, 0.2) is 16.8 Å². The molecular weight excluding hydrogens is 293 g/mol. The zero-order valence-electron chi connectivity index (χ0n) is 10.7. The second kappa shape index (κ2) is 6.45. The van der Waals surface area contributed by atoms with E-state index in [9.17, 15) is 18.0 Å². The third-order valence-electron chi connectivity index (χ3n) is 2.98. The number of hydrogen-bond donors (Lipinski definition) is 0. The van der Waals surface area contributed by atoms with Gasteiger partial charge >= 0.3 is 12.3 Å². The highest BCUT2D eigenvalue weighted by Gasteiger charge is 2.31. The molecule has 0 spiro atoms. The summed E-state index contributed by atoms with van der Waals surface area (Å²) in [6.07, 6.45) is -5.37. The SMILES string of the molecule is O=C(OCC(F)(F)F)N1CCN(Cc2ccsc2)CC1. The number of carbonyl (C=O) groups excluding carboxylic acids is 1. The van der Waals surface area contributed by atoms with Crippen LogP contribution < -0.4 is 0 Å². The Morgan fingerprint density at radius 3 is 2.55 bits per heavy atom. The Balaban J connectivity index is 1.72. The Bertz CT molecular complexity index is 428. The fourth-order valence-corrected chi connectivity index (χ4v) is 2.62. The van der Waals surface area contributed by atoms with Gasteiger partial charge in [0.1, 0.15) is 0 Å². The first-order valence-corrected chi connectivity index (χ1v) is 7.10. The minimum absolute atomic E-state index is 0.390. The zero-order valence-corrected chi connectivity index (χ0v) is 11.5. The quantitative estimate of drug-likeness (QED) is 0.860. The summed E-state index contributed by atoms with van der Waals surface area (Å²) in [6, 6.07) is 2.04. The van der Waals surface area contributed by atoms with Crippen molar-refractivity contribution < 1.29 is 22.7 Å². The van der Waals surface area contributed by atoms with Gasteiger partial charge in [0.05, 0.1) is 0 Å². The maximum atomic E-state index is 12.0. The number of nitrogens with zero attached hydrogens (tertiary/aromatic N) is 2. The second-order valence-electron chi connectivity index (χ2n) is 4.56. The monoisotopic (exact) mass is 308 g/mol. The number of halogens is 3. The number of hydrogen-bond acceptors (Lipinski definition) is 4. The van der Waals surface area contributed by atoms with Gasteiger partial charge in [0, 0.05) is 32.7 Å². The predicted molar refractivity (Wildman–Crippen MR) is 68.6 cm³/mol. The third kappa shape index (κ3) is 4.68. The van der Waals surface area contributed by atoms with E-state index in [-0.39, 0.29) is 0 Å². The summed E-state index contributed by atoms with van der Waals surface area (Å²) in [4.78, 5) is 14.9. The fraction of sp³-hybridized carbons (Fsp3) is 0.583. The van der Waals surface area contributed by atoms with Crippen molar-refractivity contribution in [3.05, 3.63) is 22.4 Å². The van der Waals surface area contributed by atoms with Gasteiger partial charge in [-0.2, -0.15) is 24.5 Å². The molecule has 20 heavy (non-hydrogen) atoms. The molecule has 1 saturated heterocycles. The molecule has 4 nitrogen and oxygen atoms in total. The molecule has 0 aromatic carbocycles. The lowest BCUT2D eigenvalue weighted by Crippen LogP contribution is -2.48. The number of alkyl halides is 3. The number of carbonyl (C=O) groups is 1. The van der Waals surface area contributed by atoms with E-state index in [0.717, 1.165) is 6.54 Å². The molecule has 0 unspecified atom stereocenters. The molecule has 0 atom stereocenters. The van der Waals surface area contributed by atoms with E-state index < -0.39 is 18.9 Å². The summed E-state index contributed by atoms with van der Waals surface area (Å²) in [7, 11) is 0. The topological polar surface area (TPSA) is 32.8 Å². The maximum absolute atomic E-state index is 12.0. The van der Waals surface area contributed by atoms with E-state index in [4.69, 9.17) is 0 Å². The molecule has 0 N–H and O–H groups in total. The lowest BCUT2D eigenvalue weighted by molar-refractivity contribution is -0.162. The molecule has 1 aliphatic rings. The number of amides is 1. The van der Waals surface area contributed by atoms with Crippen molar-refractivity contribution in [1.82, 2.24) is 9.80 Å². The molecule has 1 fully saturated rings. The van der Waals surface area contributed by atoms with Gasteiger partial charge in [-0.3, -0.25) is 4.90 Å². The molecule has 0 radical (unpaired) electrons. The highest BCUT2D eigenvalue weighted by molar-refractivity contribution is 7.07. The molecule has 0 aliphatic carbocycles. The van der Waals surface area contributed by atoms with E-state index in [1.165, 1.54) is 10.5 Å². The Morgan fingerprint density at radius 2 is 2.00 bits per heavy atom. The molecular formula is C12H15F3N2O2S. The van der Waals surface area contributed by atoms with Crippen molar-refractivity contribution in [3.8, 4) is 0 Å². The Kier molecular flexibility index (Phi) is 4.87. The number of ether oxygens (including phenoxy) is 1. The standard InChI is InChI=1S/C12H15F3N2O2S/c13-12(14,15)9-19-11(18)17-4-2-16(3-5-17)7-10-1-6-20-8-10/h1,6,8H,2-5,7,9H2. The van der Waals surface area contributed by atoms with Crippen LogP contribution >= 0.6 is 11.3 Å². The summed E-state index contributed by atoms with van der Waals surface area (Å²) in [5.74, 6) is 0. The van der Waals surface area contributed by atoms with Gasteiger partial charge in [-0.25, -0.2) is 4.79 Å². The van der Waals surface area contributed by atoms with E-state index in [1.807, 2.05) is 11.4 Å². The Hall–Kier alpha value is -1.28. The first-order chi connectivity index (χ1) is 9.44. The fourth-order valence-electron chi connectivity index (χ4n) is 1.96. The van der Waals surface area contributed by atoms with Crippen molar-refractivity contribution in [3.63, 3.8) is 0 Å². The Labute approximate surface area is 118 Å². The van der Waals surface area contributed by atoms with Crippen LogP contribution in [0.1, 0.15) is 5.56 Å². The average molecular weight is 308 g/mol. The van der Waals surface area contributed by atoms with Crippen molar-refractivity contribution in [2.24, 2.45) is 0 Å². The highest BCUT2D eigenvalue weighted by Crippen LogP contribution is 2.16. The number of thiophene rings is 1. The Morgan fingerprint density at radius 1 is 1.30 bits per heavy atom. The van der Waals surface area contributed by atoms with Gasteiger partial charge in [0.25, 0.3) is 0 Å². The van der Waals surface area contributed by atoms with Crippen LogP contribution in [0.4, 0.5) is 18.0 Å². The van der Waals surface area contributed by atoms with Crippen LogP contribution in [-0.2, 0) is 11.3 Å². The molecule has 1 aromatic rings. The largest absolute Gasteiger partial charge is 0.440 e. The normalized spacial score (nSPS) is 17.2. The molecule has 2 heterocycles. The molecule has 8 heteroatoms. The van der Waals surface area contributed by atoms with Gasteiger partial charge in [-0.15, -0.1) is 0 Å². The van der Waals surface area contributed by atoms with Gasteiger partial charge in [-0.05, 0) is 22.4 Å². The highest BCUT2D eigenvalue weighted by atomic mass is 32.1. The van der Waals surface area contributed by atoms with E-state index in [2.05, 4.69) is 15.0 Å². The average Bonchev–Trinajstić information content (AvgIpc) is 2.89. The molecule has 0 bridgehead atoms. The van der Waals surface area contributed by atoms with Crippen molar-refractivity contribution in [1.29, 1.82) is 0 Å². The summed E-state index contributed by atoms with van der Waals surface area (Å²) >= 11 is 1.62. The first kappa shape index (κ1) is 15.1. The van der Waals surface area contributed by atoms with Crippen LogP contribution in [0.5, 0.6) is 0 Å². The van der Waals surface area contributed by atoms with Gasteiger partial charge in [0.2, 0.25) is 0 Å². The summed E-state index contributed by atoms with van der Waals surface area (Å²) in [5, 5.41) is 4.06. The van der Waals surface area contributed by atoms with Crippen LogP contribution in [0, 0.1) is 0 Å². The molecule has 2 rings (SSSR count). The van der Waals surface area contributed by atoms with E-state index >= 15 is 0 Å². The lowest BCUT2D eigenvalue weighted by Gasteiger charge is -2.33. The summed E-state index contributed by atoms with van der Waals surface area (Å²) in [6.45, 7) is 1.32. The smallest absolute Gasteiger partial charge is 0.422 e. The molecule has 0 saturated carbocycles. The van der Waals surface area contributed by atoms with Crippen LogP contribution in [0.3, 0.4) is 0 Å². The third-order valence-corrected chi connectivity index (χ3v) is 3.71. The van der Waals surface area contributed by atoms with Crippen LogP contribution in [0.25, 0.3) is 0 Å². The van der Waals surface area contributed by atoms with Crippen LogP contribution in [0.2, 0.25) is 0 Å². The number of rotatable bonds is 3. The summed E-state index contributed by atoms with van der Waals surface area (Å²) in [5.41, 5.74) is 1.21. The first-order valence-electron chi connectivity index (χ1n) is 6.16. The molecule has 1 aromatic heterocycles. The van der Waals surface area contributed by atoms with Gasteiger partial charge < -0.3 is 9.64 Å². The summed E-state index contributed by atoms with van der Waals surface area (Å²) < 4.78 is 40.1. The minimum Gasteiger partial charge on any atom is -0.440 e. The molecule has 1 amide bonds.